The van der Waals surface area contributed by atoms with E-state index in [0.717, 1.165) is 24.8 Å². The van der Waals surface area contributed by atoms with Crippen LogP contribution in [0.3, 0.4) is 0 Å². The molecule has 0 aromatic carbocycles. The van der Waals surface area contributed by atoms with Gasteiger partial charge < -0.3 is 9.80 Å². The van der Waals surface area contributed by atoms with Gasteiger partial charge in [0.15, 0.2) is 5.82 Å². The first-order valence-corrected chi connectivity index (χ1v) is 10.8. The van der Waals surface area contributed by atoms with Crippen molar-refractivity contribution in [2.75, 3.05) is 18.0 Å². The maximum Gasteiger partial charge on any atom is 0.274 e. The molecule has 3 aromatic heterocycles. The molecule has 3 aromatic rings. The summed E-state index contributed by atoms with van der Waals surface area (Å²) >= 11 is 0. The number of aromatic nitrogens is 7. The molecule has 1 aliphatic heterocycles. The number of carbonyl (C=O) groups is 1. The minimum absolute atomic E-state index is 0.0502. The number of anilines is 1. The summed E-state index contributed by atoms with van der Waals surface area (Å²) in [6.45, 7) is 2.78. The van der Waals surface area contributed by atoms with Crippen LogP contribution in [-0.2, 0) is 6.42 Å². The molecule has 2 fully saturated rings. The highest BCUT2D eigenvalue weighted by Gasteiger charge is 2.44. The van der Waals surface area contributed by atoms with Crippen molar-refractivity contribution in [3.8, 4) is 5.82 Å². The van der Waals surface area contributed by atoms with Crippen molar-refractivity contribution < 1.29 is 9.18 Å². The van der Waals surface area contributed by atoms with E-state index >= 15 is 4.39 Å². The minimum Gasteiger partial charge on any atom is -0.338 e. The van der Waals surface area contributed by atoms with Gasteiger partial charge in [0.25, 0.3) is 5.91 Å². The molecule has 5 rings (SSSR count). The molecule has 0 radical (unpaired) electrons. The quantitative estimate of drug-likeness (QED) is 0.573. The van der Waals surface area contributed by atoms with Crippen LogP contribution in [0.1, 0.15) is 42.2 Å². The van der Waals surface area contributed by atoms with E-state index < -0.39 is 12.2 Å². The second kappa shape index (κ2) is 8.56. The fourth-order valence-corrected chi connectivity index (χ4v) is 4.03. The lowest BCUT2D eigenvalue weighted by molar-refractivity contribution is 0.0480. The Bertz CT molecular complexity index is 1050. The monoisotopic (exact) mass is 437 g/mol. The lowest BCUT2D eigenvalue weighted by atomic mass is 10.0. The summed E-state index contributed by atoms with van der Waals surface area (Å²) < 4.78 is 16.8. The highest BCUT2D eigenvalue weighted by atomic mass is 19.1. The van der Waals surface area contributed by atoms with Gasteiger partial charge in [0, 0.05) is 25.0 Å². The van der Waals surface area contributed by atoms with Gasteiger partial charge in [0.1, 0.15) is 24.5 Å². The molecule has 4 heterocycles. The van der Waals surface area contributed by atoms with Gasteiger partial charge in [0.2, 0.25) is 5.95 Å². The molecular weight excluding hydrogens is 413 g/mol. The fraction of sp³-hybridized carbons (Fsp3) is 0.476. The number of rotatable bonds is 6. The molecular formula is C21H24FN9O. The van der Waals surface area contributed by atoms with Gasteiger partial charge in [-0.15, -0.1) is 0 Å². The van der Waals surface area contributed by atoms with Crippen LogP contribution in [0.4, 0.5) is 10.3 Å². The first-order chi connectivity index (χ1) is 15.6. The first-order valence-electron chi connectivity index (χ1n) is 10.8. The van der Waals surface area contributed by atoms with Crippen molar-refractivity contribution in [1.82, 2.24) is 39.6 Å². The average molecular weight is 437 g/mol. The summed E-state index contributed by atoms with van der Waals surface area (Å²) in [6, 6.07) is -0.452. The minimum atomic E-state index is -1.20. The van der Waals surface area contributed by atoms with Gasteiger partial charge in [-0.2, -0.15) is 5.10 Å². The van der Waals surface area contributed by atoms with Gasteiger partial charge in [-0.05, 0) is 31.2 Å². The molecule has 1 aliphatic carbocycles. The summed E-state index contributed by atoms with van der Waals surface area (Å²) in [7, 11) is 0. The van der Waals surface area contributed by atoms with Crippen molar-refractivity contribution in [3.63, 3.8) is 0 Å². The summed E-state index contributed by atoms with van der Waals surface area (Å²) in [4.78, 5) is 38.0. The summed E-state index contributed by atoms with van der Waals surface area (Å²) in [6.07, 6.45) is 11.3. The molecule has 11 heteroatoms. The number of halogens is 1. The number of hydrogen-bond donors (Lipinski definition) is 0. The Morgan fingerprint density at radius 1 is 1.12 bits per heavy atom. The van der Waals surface area contributed by atoms with Crippen molar-refractivity contribution in [1.29, 1.82) is 0 Å². The van der Waals surface area contributed by atoms with Crippen LogP contribution < -0.4 is 4.90 Å². The van der Waals surface area contributed by atoms with E-state index in [1.165, 1.54) is 29.7 Å². The molecule has 2 atom stereocenters. The highest BCUT2D eigenvalue weighted by Crippen LogP contribution is 2.34. The third-order valence-electron chi connectivity index (χ3n) is 5.93. The van der Waals surface area contributed by atoms with Crippen LogP contribution in [-0.4, -0.2) is 76.9 Å². The number of aryl methyl sites for hydroxylation is 1. The predicted octanol–water partition coefficient (Wildman–Crippen LogP) is 1.63. The average Bonchev–Trinajstić information content (AvgIpc) is 3.51. The third kappa shape index (κ3) is 4.02. The van der Waals surface area contributed by atoms with Gasteiger partial charge in [-0.25, -0.2) is 34.0 Å². The molecule has 0 N–H and O–H groups in total. The van der Waals surface area contributed by atoms with E-state index in [1.54, 1.807) is 17.3 Å². The molecule has 1 amide bonds. The normalized spacial score (nSPS) is 20.9. The maximum atomic E-state index is 15.3. The van der Waals surface area contributed by atoms with Gasteiger partial charge in [-0.1, -0.05) is 6.92 Å². The second-order valence-corrected chi connectivity index (χ2v) is 8.11. The molecule has 0 spiro atoms. The molecule has 10 nitrogen and oxygen atoms in total. The Balaban J connectivity index is 1.30. The zero-order valence-corrected chi connectivity index (χ0v) is 17.7. The van der Waals surface area contributed by atoms with Gasteiger partial charge in [0.05, 0.1) is 25.0 Å². The van der Waals surface area contributed by atoms with Crippen LogP contribution in [0.25, 0.3) is 5.82 Å². The van der Waals surface area contributed by atoms with E-state index in [-0.39, 0.29) is 24.2 Å². The number of carbonyl (C=O) groups excluding carboxylic acids is 1. The lowest BCUT2D eigenvalue weighted by Gasteiger charge is -2.40. The number of amides is 1. The van der Waals surface area contributed by atoms with E-state index in [2.05, 4.69) is 30.0 Å². The molecule has 1 saturated carbocycles. The largest absolute Gasteiger partial charge is 0.338 e. The van der Waals surface area contributed by atoms with Crippen molar-refractivity contribution in [2.45, 2.75) is 50.9 Å². The lowest BCUT2D eigenvalue weighted by Crippen LogP contribution is -2.55. The Morgan fingerprint density at radius 3 is 2.53 bits per heavy atom. The number of hydrogen-bond acceptors (Lipinski definition) is 8. The molecule has 0 bridgehead atoms. The van der Waals surface area contributed by atoms with Crippen molar-refractivity contribution in [2.24, 2.45) is 0 Å². The van der Waals surface area contributed by atoms with E-state index in [4.69, 9.17) is 0 Å². The zero-order chi connectivity index (χ0) is 22.1. The van der Waals surface area contributed by atoms with Crippen LogP contribution >= 0.6 is 0 Å². The van der Waals surface area contributed by atoms with Crippen LogP contribution in [0.2, 0.25) is 0 Å². The molecule has 0 unspecified atom stereocenters. The SMILES string of the molecule is CCc1cnc(N2CC[C@H](N(C(=O)c3cnc(-n4cncn4)cn3)C3CC3)[C@@H](F)C2)nc1. The Hall–Kier alpha value is -3.50. The number of alkyl halides is 1. The van der Waals surface area contributed by atoms with Gasteiger partial charge >= 0.3 is 0 Å². The number of piperidine rings is 1. The molecule has 2 aliphatic rings. The molecule has 1 saturated heterocycles. The predicted molar refractivity (Wildman–Crippen MR) is 113 cm³/mol. The van der Waals surface area contributed by atoms with Crippen molar-refractivity contribution >= 4 is 11.9 Å². The van der Waals surface area contributed by atoms with Crippen LogP contribution in [0, 0.1) is 0 Å². The molecule has 32 heavy (non-hydrogen) atoms. The van der Waals surface area contributed by atoms with E-state index in [1.807, 2.05) is 11.8 Å². The topological polar surface area (TPSA) is 106 Å². The summed E-state index contributed by atoms with van der Waals surface area (Å²) in [5.41, 5.74) is 1.25. The smallest absolute Gasteiger partial charge is 0.274 e. The third-order valence-corrected chi connectivity index (χ3v) is 5.93. The standard InChI is InChI=1S/C21H24FN9O/c1-2-14-7-26-21(27-8-14)29-6-5-18(16(22)11-29)31(15-3-4-15)20(32)17-9-25-19(10-24-17)30-13-23-12-28-30/h7-10,12-13,15-16,18H,2-6,11H2,1H3/t16-,18-/m0/s1. The van der Waals surface area contributed by atoms with Crippen LogP contribution in [0.5, 0.6) is 0 Å². The first kappa shape index (κ1) is 20.4. The Labute approximate surface area is 184 Å². The molecule has 166 valence electrons. The van der Waals surface area contributed by atoms with Crippen molar-refractivity contribution in [3.05, 3.63) is 48.7 Å². The summed E-state index contributed by atoms with van der Waals surface area (Å²) in [5.74, 6) is 0.708. The highest BCUT2D eigenvalue weighted by molar-refractivity contribution is 5.92. The van der Waals surface area contributed by atoms with E-state index in [0.29, 0.717) is 24.7 Å². The maximum absolute atomic E-state index is 15.3. The fourth-order valence-electron chi connectivity index (χ4n) is 4.03. The Kier molecular flexibility index (Phi) is 5.46. The van der Waals surface area contributed by atoms with Gasteiger partial charge in [-0.3, -0.25) is 4.79 Å². The van der Waals surface area contributed by atoms with Crippen LogP contribution in [0.15, 0.2) is 37.4 Å². The Morgan fingerprint density at radius 2 is 1.94 bits per heavy atom. The second-order valence-electron chi connectivity index (χ2n) is 8.11. The zero-order valence-electron chi connectivity index (χ0n) is 17.7. The van der Waals surface area contributed by atoms with E-state index in [9.17, 15) is 4.79 Å². The summed E-state index contributed by atoms with van der Waals surface area (Å²) in [5, 5.41) is 4.00. The number of nitrogens with zero attached hydrogens (tertiary/aromatic N) is 9.